The van der Waals surface area contributed by atoms with E-state index in [1.165, 1.54) is 44.5 Å². The lowest BCUT2D eigenvalue weighted by Crippen LogP contribution is -2.30. The molecular weight excluding hydrogens is 384 g/mol. The van der Waals surface area contributed by atoms with Crippen molar-refractivity contribution in [2.45, 2.75) is 11.8 Å². The Labute approximate surface area is 189 Å². The van der Waals surface area contributed by atoms with Crippen LogP contribution in [0.4, 0.5) is 0 Å². The third-order valence-corrected chi connectivity index (χ3v) is 6.82. The zero-order valence-electron chi connectivity index (χ0n) is 17.9. The summed E-state index contributed by atoms with van der Waals surface area (Å²) in [5.41, 5.74) is 10.5. The van der Waals surface area contributed by atoms with E-state index in [9.17, 15) is 0 Å². The summed E-state index contributed by atoms with van der Waals surface area (Å²) >= 11 is 0. The van der Waals surface area contributed by atoms with Crippen LogP contribution in [0.15, 0.2) is 133 Å². The fourth-order valence-electron chi connectivity index (χ4n) is 5.54. The number of hydrogen-bond donors (Lipinski definition) is 0. The lowest BCUT2D eigenvalue weighted by Gasteiger charge is -2.35. The molecule has 0 saturated heterocycles. The summed E-state index contributed by atoms with van der Waals surface area (Å²) < 4.78 is 0. The largest absolute Gasteiger partial charge is 0.0716 e. The van der Waals surface area contributed by atoms with Crippen molar-refractivity contribution in [3.8, 4) is 11.1 Å². The van der Waals surface area contributed by atoms with Crippen LogP contribution in [0, 0.1) is 0 Å². The number of benzene rings is 5. The third kappa shape index (κ3) is 2.77. The van der Waals surface area contributed by atoms with Crippen molar-refractivity contribution in [2.75, 3.05) is 0 Å². The smallest absolute Gasteiger partial charge is 0.0622 e. The van der Waals surface area contributed by atoms with Crippen LogP contribution in [0.5, 0.6) is 0 Å². The summed E-state index contributed by atoms with van der Waals surface area (Å²) in [5.74, 6) is 0. The first-order chi connectivity index (χ1) is 15.9. The van der Waals surface area contributed by atoms with Crippen LogP contribution in [-0.4, -0.2) is 0 Å². The molecule has 0 heteroatoms. The third-order valence-electron chi connectivity index (χ3n) is 6.82. The fraction of sp³-hybridized carbons (Fsp3) is 0.0625. The van der Waals surface area contributed by atoms with Gasteiger partial charge in [-0.3, -0.25) is 0 Å². The molecule has 1 aliphatic rings. The highest BCUT2D eigenvalue weighted by Gasteiger charge is 2.46. The van der Waals surface area contributed by atoms with Gasteiger partial charge in [-0.15, -0.1) is 0 Å². The summed E-state index contributed by atoms with van der Waals surface area (Å²) in [6.45, 7) is 0. The van der Waals surface area contributed by atoms with Crippen molar-refractivity contribution >= 4 is 0 Å². The molecule has 0 fully saturated rings. The van der Waals surface area contributed by atoms with Gasteiger partial charge in [0.05, 0.1) is 5.41 Å². The molecule has 0 N–H and O–H groups in total. The minimum Gasteiger partial charge on any atom is -0.0622 e. The Hall–Kier alpha value is -3.90. The summed E-state index contributed by atoms with van der Waals surface area (Å²) in [6.07, 6.45) is 0.913. The number of rotatable bonds is 4. The molecule has 0 saturated carbocycles. The van der Waals surface area contributed by atoms with E-state index in [-0.39, 0.29) is 5.41 Å². The number of fused-ring (bicyclic) bond motifs is 3. The first-order valence-electron chi connectivity index (χ1n) is 11.3. The predicted octanol–water partition coefficient (Wildman–Crippen LogP) is 7.64. The van der Waals surface area contributed by atoms with Crippen LogP contribution in [0.25, 0.3) is 11.1 Å². The molecule has 152 valence electrons. The molecule has 32 heavy (non-hydrogen) atoms. The normalized spacial score (nSPS) is 13.4. The molecule has 0 unspecified atom stereocenters. The van der Waals surface area contributed by atoms with Gasteiger partial charge in [0.2, 0.25) is 0 Å². The van der Waals surface area contributed by atoms with Gasteiger partial charge in [0.1, 0.15) is 0 Å². The van der Waals surface area contributed by atoms with E-state index in [1.54, 1.807) is 0 Å². The summed E-state index contributed by atoms with van der Waals surface area (Å²) in [6, 6.07) is 48.7. The highest BCUT2D eigenvalue weighted by atomic mass is 14.5. The molecule has 0 bridgehead atoms. The Balaban J connectivity index is 1.70. The van der Waals surface area contributed by atoms with E-state index in [4.69, 9.17) is 0 Å². The Morgan fingerprint density at radius 3 is 1.50 bits per heavy atom. The van der Waals surface area contributed by atoms with Gasteiger partial charge in [0.25, 0.3) is 0 Å². The molecule has 0 spiro atoms. The van der Waals surface area contributed by atoms with Crippen molar-refractivity contribution in [3.05, 3.63) is 167 Å². The van der Waals surface area contributed by atoms with Crippen molar-refractivity contribution in [1.29, 1.82) is 0 Å². The van der Waals surface area contributed by atoms with E-state index in [0.29, 0.717) is 0 Å². The zero-order valence-corrected chi connectivity index (χ0v) is 17.9. The van der Waals surface area contributed by atoms with E-state index in [1.807, 2.05) is 0 Å². The molecule has 5 aromatic carbocycles. The van der Waals surface area contributed by atoms with Gasteiger partial charge in [-0.25, -0.2) is 0 Å². The molecule has 0 radical (unpaired) electrons. The van der Waals surface area contributed by atoms with Crippen LogP contribution in [0.2, 0.25) is 0 Å². The monoisotopic (exact) mass is 408 g/mol. The standard InChI is InChI=1S/C32H24/c1-3-13-24(14-4-1)23-25-15-7-10-20-29(25)32(26-16-5-2-6-17-26)30-21-11-8-18-27(30)28-19-9-12-22-31(28)32/h1-22H,23H2. The SMILES string of the molecule is c1ccc(Cc2ccccc2C2(c3ccccc3)c3ccccc3-c3ccccc32)cc1. The van der Waals surface area contributed by atoms with Gasteiger partial charge in [0, 0.05) is 0 Å². The molecule has 0 atom stereocenters. The summed E-state index contributed by atoms with van der Waals surface area (Å²) in [5, 5.41) is 0. The first kappa shape index (κ1) is 18.8. The predicted molar refractivity (Wildman–Crippen MR) is 133 cm³/mol. The van der Waals surface area contributed by atoms with E-state index in [0.717, 1.165) is 6.42 Å². The number of hydrogen-bond acceptors (Lipinski definition) is 0. The van der Waals surface area contributed by atoms with E-state index < -0.39 is 0 Å². The van der Waals surface area contributed by atoms with E-state index in [2.05, 4.69) is 133 Å². The van der Waals surface area contributed by atoms with Crippen LogP contribution < -0.4 is 0 Å². The second-order valence-electron chi connectivity index (χ2n) is 8.53. The van der Waals surface area contributed by atoms with Gasteiger partial charge in [-0.2, -0.15) is 0 Å². The van der Waals surface area contributed by atoms with Gasteiger partial charge >= 0.3 is 0 Å². The maximum absolute atomic E-state index is 2.34. The van der Waals surface area contributed by atoms with Gasteiger partial charge in [-0.05, 0) is 50.9 Å². The molecule has 0 aromatic heterocycles. The Bertz CT molecular complexity index is 1330. The average Bonchev–Trinajstić information content (AvgIpc) is 3.17. The molecule has 0 nitrogen and oxygen atoms in total. The topological polar surface area (TPSA) is 0 Å². The van der Waals surface area contributed by atoms with Crippen molar-refractivity contribution in [2.24, 2.45) is 0 Å². The maximum Gasteiger partial charge on any atom is 0.0716 e. The minimum absolute atomic E-state index is 0.334. The molecule has 1 aliphatic carbocycles. The van der Waals surface area contributed by atoms with Crippen LogP contribution >= 0.6 is 0 Å². The van der Waals surface area contributed by atoms with E-state index >= 15 is 0 Å². The van der Waals surface area contributed by atoms with Crippen LogP contribution in [-0.2, 0) is 11.8 Å². The lowest BCUT2D eigenvalue weighted by molar-refractivity contribution is 0.756. The molecule has 0 heterocycles. The molecule has 5 aromatic rings. The van der Waals surface area contributed by atoms with Crippen molar-refractivity contribution in [3.63, 3.8) is 0 Å². The highest BCUT2D eigenvalue weighted by molar-refractivity contribution is 5.86. The summed E-state index contributed by atoms with van der Waals surface area (Å²) in [7, 11) is 0. The fourth-order valence-corrected chi connectivity index (χ4v) is 5.54. The van der Waals surface area contributed by atoms with Gasteiger partial charge < -0.3 is 0 Å². The van der Waals surface area contributed by atoms with Crippen LogP contribution in [0.3, 0.4) is 0 Å². The Morgan fingerprint density at radius 2 is 0.875 bits per heavy atom. The second-order valence-corrected chi connectivity index (χ2v) is 8.53. The quantitative estimate of drug-likeness (QED) is 0.281. The average molecular weight is 409 g/mol. The maximum atomic E-state index is 2.34. The first-order valence-corrected chi connectivity index (χ1v) is 11.3. The summed E-state index contributed by atoms with van der Waals surface area (Å²) in [4.78, 5) is 0. The van der Waals surface area contributed by atoms with Gasteiger partial charge in [-0.1, -0.05) is 133 Å². The van der Waals surface area contributed by atoms with Crippen molar-refractivity contribution < 1.29 is 0 Å². The zero-order chi connectivity index (χ0) is 21.4. The minimum atomic E-state index is -0.334. The Morgan fingerprint density at radius 1 is 0.406 bits per heavy atom. The molecule has 0 aliphatic heterocycles. The molecule has 0 amide bonds. The molecular formula is C32H24. The molecule has 6 rings (SSSR count). The second kappa shape index (κ2) is 7.66. The Kier molecular flexibility index (Phi) is 4.51. The van der Waals surface area contributed by atoms with Gasteiger partial charge in [0.15, 0.2) is 0 Å². The van der Waals surface area contributed by atoms with Crippen LogP contribution in [0.1, 0.15) is 33.4 Å². The van der Waals surface area contributed by atoms with Crippen molar-refractivity contribution in [1.82, 2.24) is 0 Å². The highest BCUT2D eigenvalue weighted by Crippen LogP contribution is 2.56. The lowest BCUT2D eigenvalue weighted by atomic mass is 9.66.